The lowest BCUT2D eigenvalue weighted by Gasteiger charge is -2.34. The molecule has 1 amide bonds. The maximum absolute atomic E-state index is 12.5. The summed E-state index contributed by atoms with van der Waals surface area (Å²) in [5.74, 6) is -0.395. The number of amides is 1. The van der Waals surface area contributed by atoms with Crippen LogP contribution in [-0.2, 0) is 0 Å². The molecule has 1 aliphatic heterocycles. The van der Waals surface area contributed by atoms with Crippen LogP contribution >= 0.6 is 23.7 Å². The summed E-state index contributed by atoms with van der Waals surface area (Å²) < 4.78 is 6.50. The maximum Gasteiger partial charge on any atom is 0.349 e. The van der Waals surface area contributed by atoms with E-state index in [1.807, 2.05) is 12.1 Å². The van der Waals surface area contributed by atoms with E-state index in [1.54, 1.807) is 29.5 Å². The van der Waals surface area contributed by atoms with E-state index in [9.17, 15) is 9.59 Å². The van der Waals surface area contributed by atoms with Gasteiger partial charge in [0.2, 0.25) is 0 Å². The monoisotopic (exact) mass is 498 g/mol. The molecule has 0 spiro atoms. The van der Waals surface area contributed by atoms with Crippen molar-refractivity contribution in [1.82, 2.24) is 15.2 Å². The van der Waals surface area contributed by atoms with Crippen LogP contribution < -0.4 is 15.8 Å². The van der Waals surface area contributed by atoms with Crippen molar-refractivity contribution in [2.45, 2.75) is 13.8 Å². The van der Waals surface area contributed by atoms with Gasteiger partial charge in [-0.05, 0) is 43.2 Å². The summed E-state index contributed by atoms with van der Waals surface area (Å²) in [5, 5.41) is 4.67. The van der Waals surface area contributed by atoms with E-state index in [1.165, 1.54) is 15.8 Å². The predicted molar refractivity (Wildman–Crippen MR) is 140 cm³/mol. The number of para-hydroxylation sites is 1. The van der Waals surface area contributed by atoms with Gasteiger partial charge in [-0.1, -0.05) is 35.6 Å². The fourth-order valence-electron chi connectivity index (χ4n) is 4.16. The molecule has 7 nitrogen and oxygen atoms in total. The van der Waals surface area contributed by atoms with Gasteiger partial charge < -0.3 is 14.6 Å². The molecule has 9 heteroatoms. The molecule has 3 heterocycles. The van der Waals surface area contributed by atoms with Crippen LogP contribution in [0, 0.1) is 13.8 Å². The molecule has 0 bridgehead atoms. The summed E-state index contributed by atoms with van der Waals surface area (Å²) in [6.07, 6.45) is 0. The summed E-state index contributed by atoms with van der Waals surface area (Å²) in [6.45, 7) is 9.08. The summed E-state index contributed by atoms with van der Waals surface area (Å²) >= 11 is 1.75. The number of aromatic nitrogens is 1. The summed E-state index contributed by atoms with van der Waals surface area (Å²) in [5.41, 5.74) is 3.55. The highest BCUT2D eigenvalue weighted by Gasteiger charge is 2.21. The molecule has 0 radical (unpaired) electrons. The molecule has 0 atom stereocenters. The second-order valence-electron chi connectivity index (χ2n) is 8.42. The van der Waals surface area contributed by atoms with Crippen molar-refractivity contribution >= 4 is 56.0 Å². The molecule has 2 aromatic heterocycles. The average molecular weight is 499 g/mol. The first-order chi connectivity index (χ1) is 16.0. The first-order valence-corrected chi connectivity index (χ1v) is 12.0. The lowest BCUT2D eigenvalue weighted by Crippen LogP contribution is -2.48. The zero-order valence-corrected chi connectivity index (χ0v) is 20.8. The molecule has 5 rings (SSSR count). The van der Waals surface area contributed by atoms with Crippen LogP contribution in [0.5, 0.6) is 0 Å². The van der Waals surface area contributed by atoms with Gasteiger partial charge in [0, 0.05) is 44.7 Å². The highest BCUT2D eigenvalue weighted by atomic mass is 35.5. The Hall–Kier alpha value is -2.94. The Labute approximate surface area is 207 Å². The van der Waals surface area contributed by atoms with Crippen LogP contribution in [0.3, 0.4) is 0 Å². The molecular formula is C25H27ClN4O3S. The molecule has 0 saturated carbocycles. The highest BCUT2D eigenvalue weighted by molar-refractivity contribution is 7.22. The van der Waals surface area contributed by atoms with E-state index in [2.05, 4.69) is 41.1 Å². The molecule has 1 aliphatic rings. The molecule has 1 fully saturated rings. The fourth-order valence-corrected chi connectivity index (χ4v) is 5.23. The third kappa shape index (κ3) is 4.80. The number of piperazine rings is 1. The second-order valence-corrected chi connectivity index (χ2v) is 9.43. The van der Waals surface area contributed by atoms with Crippen molar-refractivity contribution in [2.24, 2.45) is 0 Å². The Kier molecular flexibility index (Phi) is 7.21. The van der Waals surface area contributed by atoms with E-state index >= 15 is 0 Å². The first kappa shape index (κ1) is 24.2. The fraction of sp³-hybridized carbons (Fsp3) is 0.320. The van der Waals surface area contributed by atoms with Gasteiger partial charge in [-0.3, -0.25) is 9.69 Å². The van der Waals surface area contributed by atoms with E-state index in [4.69, 9.17) is 9.40 Å². The van der Waals surface area contributed by atoms with Crippen LogP contribution in [0.4, 0.5) is 5.13 Å². The predicted octanol–water partition coefficient (Wildman–Crippen LogP) is 3.99. The van der Waals surface area contributed by atoms with Gasteiger partial charge in [0.25, 0.3) is 5.91 Å². The van der Waals surface area contributed by atoms with Crippen molar-refractivity contribution in [1.29, 1.82) is 0 Å². The van der Waals surface area contributed by atoms with Gasteiger partial charge in [-0.25, -0.2) is 9.78 Å². The van der Waals surface area contributed by atoms with Gasteiger partial charge in [-0.15, -0.1) is 12.4 Å². The largest absolute Gasteiger partial charge is 0.422 e. The Bertz CT molecular complexity index is 1390. The number of hydrogen-bond acceptors (Lipinski definition) is 7. The zero-order valence-electron chi connectivity index (χ0n) is 19.2. The van der Waals surface area contributed by atoms with E-state index in [-0.39, 0.29) is 18.0 Å². The minimum Gasteiger partial charge on any atom is -0.422 e. The summed E-state index contributed by atoms with van der Waals surface area (Å²) in [6, 6.07) is 13.1. The Morgan fingerprint density at radius 3 is 2.68 bits per heavy atom. The van der Waals surface area contributed by atoms with Crippen molar-refractivity contribution in [3.63, 3.8) is 0 Å². The average Bonchev–Trinajstić information content (AvgIpc) is 3.26. The molecule has 0 unspecified atom stereocenters. The Balaban J connectivity index is 0.00000274. The zero-order chi connectivity index (χ0) is 22.9. The number of benzene rings is 2. The van der Waals surface area contributed by atoms with Crippen LogP contribution in [0.2, 0.25) is 0 Å². The minimum absolute atomic E-state index is 0. The number of carbonyl (C=O) groups is 1. The van der Waals surface area contributed by atoms with E-state index in [0.717, 1.165) is 48.8 Å². The van der Waals surface area contributed by atoms with Crippen molar-refractivity contribution < 1.29 is 9.21 Å². The number of thiazole rings is 1. The van der Waals surface area contributed by atoms with Gasteiger partial charge in [0.05, 0.1) is 10.2 Å². The number of aryl methyl sites for hydroxylation is 2. The Morgan fingerprint density at radius 1 is 1.12 bits per heavy atom. The lowest BCUT2D eigenvalue weighted by molar-refractivity contribution is 0.0944. The number of nitrogens with zero attached hydrogens (tertiary/aromatic N) is 3. The minimum atomic E-state index is -0.610. The van der Waals surface area contributed by atoms with Gasteiger partial charge >= 0.3 is 5.63 Å². The van der Waals surface area contributed by atoms with Crippen LogP contribution in [0.15, 0.2) is 51.7 Å². The van der Waals surface area contributed by atoms with Crippen LogP contribution in [0.1, 0.15) is 21.5 Å². The van der Waals surface area contributed by atoms with Gasteiger partial charge in [-0.2, -0.15) is 0 Å². The van der Waals surface area contributed by atoms with Crippen molar-refractivity contribution in [3.8, 4) is 0 Å². The molecule has 178 valence electrons. The normalized spacial score (nSPS) is 14.4. The third-order valence-electron chi connectivity index (χ3n) is 6.32. The number of fused-ring (bicyclic) bond motifs is 2. The van der Waals surface area contributed by atoms with Gasteiger partial charge in [0.15, 0.2) is 5.13 Å². The van der Waals surface area contributed by atoms with Crippen molar-refractivity contribution in [3.05, 3.63) is 69.6 Å². The van der Waals surface area contributed by atoms with E-state index in [0.29, 0.717) is 12.1 Å². The summed E-state index contributed by atoms with van der Waals surface area (Å²) in [7, 11) is 0. The van der Waals surface area contributed by atoms with Gasteiger partial charge in [0.1, 0.15) is 11.1 Å². The number of carbonyl (C=O) groups excluding carboxylic acids is 1. The molecular weight excluding hydrogens is 472 g/mol. The maximum atomic E-state index is 12.5. The number of rotatable bonds is 5. The van der Waals surface area contributed by atoms with E-state index < -0.39 is 11.5 Å². The number of nitrogens with one attached hydrogen (secondary N) is 1. The highest BCUT2D eigenvalue weighted by Crippen LogP contribution is 2.32. The Morgan fingerprint density at radius 2 is 1.88 bits per heavy atom. The third-order valence-corrected chi connectivity index (χ3v) is 7.40. The van der Waals surface area contributed by atoms with Crippen LogP contribution in [0.25, 0.3) is 21.2 Å². The standard InChI is InChI=1S/C25H26N4O3S.ClH/c1-16-7-8-21-22(17(16)2)27-25(33-21)29-13-11-28(12-14-29)10-9-26-23(30)19-15-18-5-3-4-6-20(18)32-24(19)31;/h3-8,15H,9-14H2,1-2H3,(H,26,30);1H. The topological polar surface area (TPSA) is 78.7 Å². The number of anilines is 1. The molecule has 2 aromatic carbocycles. The quantitative estimate of drug-likeness (QED) is 0.419. The molecule has 0 aliphatic carbocycles. The molecule has 1 saturated heterocycles. The van der Waals surface area contributed by atoms with Crippen molar-refractivity contribution in [2.75, 3.05) is 44.2 Å². The molecule has 1 N–H and O–H groups in total. The molecule has 4 aromatic rings. The number of hydrogen-bond donors (Lipinski definition) is 1. The summed E-state index contributed by atoms with van der Waals surface area (Å²) in [4.78, 5) is 34.3. The number of halogens is 1. The SMILES string of the molecule is Cc1ccc2sc(N3CCN(CCNC(=O)c4cc5ccccc5oc4=O)CC3)nc2c1C.Cl. The molecule has 34 heavy (non-hydrogen) atoms. The lowest BCUT2D eigenvalue weighted by atomic mass is 10.1. The van der Waals surface area contributed by atoms with Crippen LogP contribution in [-0.4, -0.2) is 55.1 Å². The second kappa shape index (κ2) is 10.1. The first-order valence-electron chi connectivity index (χ1n) is 11.1. The smallest absolute Gasteiger partial charge is 0.349 e.